The number of nitrogens with zero attached hydrogens (tertiary/aromatic N) is 2. The first-order valence-corrected chi connectivity index (χ1v) is 9.07. The number of halogens is 1. The minimum atomic E-state index is -0.131. The monoisotopic (exact) mass is 392 g/mol. The number of methoxy groups -OCH3 is 2. The molecule has 0 radical (unpaired) electrons. The smallest absolute Gasteiger partial charge is 0.204 e. The van der Waals surface area contributed by atoms with Crippen molar-refractivity contribution >= 4 is 23.6 Å². The van der Waals surface area contributed by atoms with Gasteiger partial charge in [-0.1, -0.05) is 23.7 Å². The highest BCUT2D eigenvalue weighted by Gasteiger charge is 2.16. The Morgan fingerprint density at radius 1 is 1.22 bits per heavy atom. The lowest BCUT2D eigenvalue weighted by Crippen LogP contribution is -2.09. The van der Waals surface area contributed by atoms with E-state index in [-0.39, 0.29) is 12.4 Å². The highest BCUT2D eigenvalue weighted by Crippen LogP contribution is 2.35. The van der Waals surface area contributed by atoms with Crippen molar-refractivity contribution in [1.29, 1.82) is 0 Å². The van der Waals surface area contributed by atoms with E-state index in [0.717, 1.165) is 24.4 Å². The molecule has 0 unspecified atom stereocenters. The largest absolute Gasteiger partial charge is 0.493 e. The topological polar surface area (TPSA) is 62.1 Å². The van der Waals surface area contributed by atoms with Crippen molar-refractivity contribution < 1.29 is 19.1 Å². The summed E-state index contributed by atoms with van der Waals surface area (Å²) in [6.07, 6.45) is 2.49. The van der Waals surface area contributed by atoms with Gasteiger partial charge in [0.05, 0.1) is 25.5 Å². The second-order valence-electron chi connectivity index (χ2n) is 6.11. The van der Waals surface area contributed by atoms with Crippen LogP contribution < -0.4 is 9.47 Å². The lowest BCUT2D eigenvalue weighted by atomic mass is 10.1. The molecule has 0 aliphatic rings. The zero-order valence-electron chi connectivity index (χ0n) is 16.3. The summed E-state index contributed by atoms with van der Waals surface area (Å²) in [6, 6.07) is 5.29. The molecule has 0 N–H and O–H groups in total. The van der Waals surface area contributed by atoms with Gasteiger partial charge >= 0.3 is 0 Å². The van der Waals surface area contributed by atoms with Gasteiger partial charge in [0.1, 0.15) is 0 Å². The Bertz CT molecular complexity index is 843. The van der Waals surface area contributed by atoms with Crippen molar-refractivity contribution in [2.24, 2.45) is 5.16 Å². The van der Waals surface area contributed by atoms with Crippen LogP contribution >= 0.6 is 11.6 Å². The minimum Gasteiger partial charge on any atom is -0.493 e. The molecule has 27 heavy (non-hydrogen) atoms. The Balaban J connectivity index is 2.03. The van der Waals surface area contributed by atoms with E-state index in [0.29, 0.717) is 27.6 Å². The number of ether oxygens (including phenoxy) is 2. The van der Waals surface area contributed by atoms with Gasteiger partial charge in [-0.15, -0.1) is 0 Å². The maximum Gasteiger partial charge on any atom is 0.204 e. The Kier molecular flexibility index (Phi) is 7.30. The van der Waals surface area contributed by atoms with Gasteiger partial charge in [-0.3, -0.25) is 4.79 Å². The number of carbonyl (C=O) groups excluding carboxylic acids is 1. The lowest BCUT2D eigenvalue weighted by Gasteiger charge is -2.09. The third kappa shape index (κ3) is 4.83. The van der Waals surface area contributed by atoms with Crippen LogP contribution in [-0.4, -0.2) is 37.4 Å². The van der Waals surface area contributed by atoms with E-state index < -0.39 is 0 Å². The number of hydrogen-bond acceptors (Lipinski definition) is 5. The number of rotatable bonds is 9. The van der Waals surface area contributed by atoms with Gasteiger partial charge in [0.2, 0.25) is 5.78 Å². The molecule has 0 spiro atoms. The second kappa shape index (κ2) is 9.46. The number of oxime groups is 1. The standard InChI is InChI=1S/C20H25ClN2O4/c1-6-7-23-13(2)8-16(14(23)3)18(24)12-27-22-11-15-9-17(21)20(26-5)19(10-15)25-4/h8-11H,6-7,12H2,1-5H3/b22-11+. The summed E-state index contributed by atoms with van der Waals surface area (Å²) in [5.41, 5.74) is 3.37. The molecule has 0 saturated carbocycles. The summed E-state index contributed by atoms with van der Waals surface area (Å²) in [5, 5.41) is 4.27. The quantitative estimate of drug-likeness (QED) is 0.360. The van der Waals surface area contributed by atoms with E-state index >= 15 is 0 Å². The summed E-state index contributed by atoms with van der Waals surface area (Å²) in [7, 11) is 3.04. The molecule has 0 aliphatic carbocycles. The first kappa shape index (κ1) is 20.8. The molecule has 0 aliphatic heterocycles. The average molecular weight is 393 g/mol. The van der Waals surface area contributed by atoms with Crippen LogP contribution in [0.15, 0.2) is 23.4 Å². The van der Waals surface area contributed by atoms with Gasteiger partial charge in [-0.05, 0) is 38.5 Å². The number of aromatic nitrogens is 1. The number of hydrogen-bond donors (Lipinski definition) is 0. The molecule has 7 heteroatoms. The number of aryl methyl sites for hydroxylation is 1. The van der Waals surface area contributed by atoms with Crippen molar-refractivity contribution in [3.63, 3.8) is 0 Å². The highest BCUT2D eigenvalue weighted by molar-refractivity contribution is 6.32. The van der Waals surface area contributed by atoms with Gasteiger partial charge in [-0.2, -0.15) is 0 Å². The molecule has 0 bridgehead atoms. The summed E-state index contributed by atoms with van der Waals surface area (Å²) in [4.78, 5) is 17.6. The van der Waals surface area contributed by atoms with Crippen LogP contribution in [0.2, 0.25) is 5.02 Å². The van der Waals surface area contributed by atoms with Crippen LogP contribution in [0.3, 0.4) is 0 Å². The first-order chi connectivity index (χ1) is 12.9. The molecule has 0 atom stereocenters. The number of carbonyl (C=O) groups is 1. The SMILES string of the molecule is CCCn1c(C)cc(C(=O)CO/N=C/c2cc(Cl)c(OC)c(OC)c2)c1C. The molecular weight excluding hydrogens is 368 g/mol. The molecule has 0 fully saturated rings. The number of benzene rings is 1. The molecule has 1 aromatic heterocycles. The summed E-state index contributed by atoms with van der Waals surface area (Å²) >= 11 is 6.15. The summed E-state index contributed by atoms with van der Waals surface area (Å²) in [5.74, 6) is 0.841. The molecule has 1 aromatic carbocycles. The zero-order valence-corrected chi connectivity index (χ0v) is 17.1. The van der Waals surface area contributed by atoms with E-state index in [9.17, 15) is 4.79 Å². The van der Waals surface area contributed by atoms with Crippen LogP contribution in [0.1, 0.15) is 40.7 Å². The molecule has 2 rings (SSSR count). The molecule has 0 amide bonds. The van der Waals surface area contributed by atoms with Crippen LogP contribution in [0.25, 0.3) is 0 Å². The van der Waals surface area contributed by atoms with Crippen molar-refractivity contribution in [1.82, 2.24) is 4.57 Å². The van der Waals surface area contributed by atoms with Gasteiger partial charge in [0.25, 0.3) is 0 Å². The fraction of sp³-hybridized carbons (Fsp3) is 0.400. The van der Waals surface area contributed by atoms with Gasteiger partial charge in [-0.25, -0.2) is 0 Å². The normalized spacial score (nSPS) is 11.0. The third-order valence-corrected chi connectivity index (χ3v) is 4.53. The molecule has 146 valence electrons. The van der Waals surface area contributed by atoms with E-state index in [1.165, 1.54) is 20.4 Å². The maximum atomic E-state index is 12.4. The van der Waals surface area contributed by atoms with Crippen molar-refractivity contribution in [3.8, 4) is 11.5 Å². The summed E-state index contributed by atoms with van der Waals surface area (Å²) in [6.45, 7) is 6.82. The fourth-order valence-electron chi connectivity index (χ4n) is 2.94. The molecule has 1 heterocycles. The van der Waals surface area contributed by atoms with Gasteiger partial charge < -0.3 is 18.9 Å². The zero-order chi connectivity index (χ0) is 20.0. The fourth-order valence-corrected chi connectivity index (χ4v) is 3.23. The van der Waals surface area contributed by atoms with E-state index in [1.807, 2.05) is 19.9 Å². The Morgan fingerprint density at radius 2 is 1.96 bits per heavy atom. The number of ketones is 1. The van der Waals surface area contributed by atoms with Crippen LogP contribution in [-0.2, 0) is 11.4 Å². The predicted octanol–water partition coefficient (Wildman–Crippen LogP) is 4.42. The van der Waals surface area contributed by atoms with E-state index in [2.05, 4.69) is 16.6 Å². The molecule has 2 aromatic rings. The van der Waals surface area contributed by atoms with Gasteiger partial charge in [0.15, 0.2) is 18.1 Å². The minimum absolute atomic E-state index is 0.104. The van der Waals surface area contributed by atoms with Crippen LogP contribution in [0.5, 0.6) is 11.5 Å². The van der Waals surface area contributed by atoms with E-state index in [1.54, 1.807) is 12.1 Å². The molecule has 6 nitrogen and oxygen atoms in total. The second-order valence-corrected chi connectivity index (χ2v) is 6.51. The Morgan fingerprint density at radius 3 is 2.59 bits per heavy atom. The molecular formula is C20H25ClN2O4. The van der Waals surface area contributed by atoms with Crippen LogP contribution in [0, 0.1) is 13.8 Å². The van der Waals surface area contributed by atoms with E-state index in [4.69, 9.17) is 25.9 Å². The van der Waals surface area contributed by atoms with Gasteiger partial charge in [0, 0.05) is 29.1 Å². The Hall–Kier alpha value is -2.47. The Labute approximate surface area is 164 Å². The lowest BCUT2D eigenvalue weighted by molar-refractivity contribution is 0.0778. The third-order valence-electron chi connectivity index (χ3n) is 4.25. The maximum absolute atomic E-state index is 12.4. The average Bonchev–Trinajstić information content (AvgIpc) is 2.93. The number of Topliss-reactive ketones (excluding diaryl/α,β-unsaturated/α-hetero) is 1. The predicted molar refractivity (Wildman–Crippen MR) is 107 cm³/mol. The summed E-state index contributed by atoms with van der Waals surface area (Å²) < 4.78 is 12.6. The highest BCUT2D eigenvalue weighted by atomic mass is 35.5. The molecule has 0 saturated heterocycles. The van der Waals surface area contributed by atoms with Crippen molar-refractivity contribution in [2.45, 2.75) is 33.7 Å². The van der Waals surface area contributed by atoms with Crippen molar-refractivity contribution in [3.05, 3.63) is 45.7 Å². The van der Waals surface area contributed by atoms with Crippen molar-refractivity contribution in [2.75, 3.05) is 20.8 Å². The first-order valence-electron chi connectivity index (χ1n) is 8.69. The van der Waals surface area contributed by atoms with Crippen LogP contribution in [0.4, 0.5) is 0 Å².